The molecular formula is C20H16ClF3N6O2. The lowest BCUT2D eigenvalue weighted by molar-refractivity contribution is -0.137. The third kappa shape index (κ3) is 5.85. The highest BCUT2D eigenvalue weighted by molar-refractivity contribution is 6.31. The van der Waals surface area contributed by atoms with Crippen LogP contribution < -0.4 is 21.1 Å². The van der Waals surface area contributed by atoms with E-state index in [4.69, 9.17) is 22.1 Å². The number of halogens is 4. The number of carbonyl (C=O) groups excluding carboxylic acids is 1. The number of nitrogens with two attached hydrogens (primary N) is 1. The number of nitrogens with one attached hydrogen (secondary N) is 2. The van der Waals surface area contributed by atoms with Crippen LogP contribution in [0, 0.1) is 0 Å². The number of nitrogens with zero attached hydrogens (tertiary/aromatic N) is 3. The smallest absolute Gasteiger partial charge is 0.417 e. The molecule has 0 unspecified atom stereocenters. The predicted molar refractivity (Wildman–Crippen MR) is 113 cm³/mol. The molecular weight excluding hydrogens is 449 g/mol. The number of amides is 1. The van der Waals surface area contributed by atoms with Crippen LogP contribution in [0.15, 0.2) is 59.9 Å². The summed E-state index contributed by atoms with van der Waals surface area (Å²) in [5, 5.41) is 4.60. The molecule has 0 aliphatic rings. The monoisotopic (exact) mass is 464 g/mol. The second-order valence-corrected chi connectivity index (χ2v) is 6.63. The minimum absolute atomic E-state index is 0.0625. The third-order valence-electron chi connectivity index (χ3n) is 3.93. The first kappa shape index (κ1) is 22.8. The molecule has 0 radical (unpaired) electrons. The van der Waals surface area contributed by atoms with E-state index >= 15 is 0 Å². The number of rotatable bonds is 5. The summed E-state index contributed by atoms with van der Waals surface area (Å²) in [6.45, 7) is 0. The van der Waals surface area contributed by atoms with Gasteiger partial charge in [0, 0.05) is 25.0 Å². The van der Waals surface area contributed by atoms with Crippen molar-refractivity contribution in [2.45, 2.75) is 6.18 Å². The first-order chi connectivity index (χ1) is 15.2. The number of ether oxygens (including phenoxy) is 1. The summed E-state index contributed by atoms with van der Waals surface area (Å²) in [7, 11) is 1.49. The second-order valence-electron chi connectivity index (χ2n) is 6.22. The summed E-state index contributed by atoms with van der Waals surface area (Å²) < 4.78 is 44.5. The minimum atomic E-state index is -4.60. The fraction of sp³-hybridized carbons (Fsp3) is 0.100. The Morgan fingerprint density at radius 3 is 2.56 bits per heavy atom. The molecule has 8 nitrogen and oxygen atoms in total. The topological polar surface area (TPSA) is 115 Å². The van der Waals surface area contributed by atoms with Crippen LogP contribution in [-0.2, 0) is 6.18 Å². The van der Waals surface area contributed by atoms with Crippen LogP contribution in [0.2, 0.25) is 5.02 Å². The molecule has 2 aromatic heterocycles. The number of carbonyl (C=O) groups is 1. The number of guanidine groups is 1. The van der Waals surface area contributed by atoms with Crippen molar-refractivity contribution < 1.29 is 22.7 Å². The van der Waals surface area contributed by atoms with Gasteiger partial charge in [-0.2, -0.15) is 18.2 Å². The summed E-state index contributed by atoms with van der Waals surface area (Å²) >= 11 is 5.60. The van der Waals surface area contributed by atoms with Crippen molar-refractivity contribution >= 4 is 35.0 Å². The Labute approximate surface area is 185 Å². The highest BCUT2D eigenvalue weighted by Crippen LogP contribution is 2.36. The summed E-state index contributed by atoms with van der Waals surface area (Å²) in [5.74, 6) is 0.390. The Balaban J connectivity index is 1.69. The van der Waals surface area contributed by atoms with E-state index in [9.17, 15) is 18.0 Å². The van der Waals surface area contributed by atoms with Crippen molar-refractivity contribution in [1.29, 1.82) is 0 Å². The van der Waals surface area contributed by atoms with Gasteiger partial charge in [0.25, 0.3) is 5.91 Å². The van der Waals surface area contributed by atoms with Gasteiger partial charge in [0.1, 0.15) is 17.2 Å². The SMILES string of the molecule is CNC(=O)c1cc(Oc2ccc(N=C(N)Nc3ccc(Cl)c(C(F)(F)F)c3)nc2)ccn1. The van der Waals surface area contributed by atoms with Gasteiger partial charge >= 0.3 is 6.18 Å². The molecule has 32 heavy (non-hydrogen) atoms. The van der Waals surface area contributed by atoms with Crippen molar-refractivity contribution in [3.63, 3.8) is 0 Å². The van der Waals surface area contributed by atoms with Gasteiger partial charge in [-0.1, -0.05) is 11.6 Å². The highest BCUT2D eigenvalue weighted by atomic mass is 35.5. The molecule has 0 spiro atoms. The Bertz CT molecular complexity index is 1150. The van der Waals surface area contributed by atoms with Gasteiger partial charge in [-0.15, -0.1) is 0 Å². The van der Waals surface area contributed by atoms with E-state index in [1.165, 1.54) is 37.6 Å². The van der Waals surface area contributed by atoms with Gasteiger partial charge in [0.2, 0.25) is 0 Å². The van der Waals surface area contributed by atoms with E-state index in [1.54, 1.807) is 12.1 Å². The van der Waals surface area contributed by atoms with Crippen molar-refractivity contribution in [2.24, 2.45) is 10.7 Å². The van der Waals surface area contributed by atoms with Gasteiger partial charge < -0.3 is 21.1 Å². The molecule has 1 aromatic carbocycles. The summed E-state index contributed by atoms with van der Waals surface area (Å²) in [5.41, 5.74) is 5.02. The zero-order chi connectivity index (χ0) is 23.3. The largest absolute Gasteiger partial charge is 0.456 e. The zero-order valence-electron chi connectivity index (χ0n) is 16.4. The molecule has 0 aliphatic heterocycles. The number of aromatic nitrogens is 2. The van der Waals surface area contributed by atoms with Gasteiger partial charge in [-0.05, 0) is 36.4 Å². The molecule has 0 fully saturated rings. The van der Waals surface area contributed by atoms with Crippen molar-refractivity contribution in [2.75, 3.05) is 12.4 Å². The van der Waals surface area contributed by atoms with Crippen LogP contribution in [0.25, 0.3) is 0 Å². The van der Waals surface area contributed by atoms with Crippen LogP contribution in [0.5, 0.6) is 11.5 Å². The van der Waals surface area contributed by atoms with E-state index in [0.29, 0.717) is 11.5 Å². The normalized spacial score (nSPS) is 11.7. The average Bonchev–Trinajstić information content (AvgIpc) is 2.75. The van der Waals surface area contributed by atoms with Crippen molar-refractivity contribution in [1.82, 2.24) is 15.3 Å². The molecule has 0 saturated heterocycles. The standard InChI is InChI=1S/C20H16ClF3N6O2/c1-26-18(31)16-9-12(6-7-27-16)32-13-3-5-17(28-10-13)30-19(25)29-11-2-4-15(21)14(8-11)20(22,23)24/h2-10H,1H3,(H,26,31)(H3,25,28,29,30). The maximum absolute atomic E-state index is 13.0. The van der Waals surface area contributed by atoms with Crippen LogP contribution in [0.1, 0.15) is 16.1 Å². The highest BCUT2D eigenvalue weighted by Gasteiger charge is 2.33. The first-order valence-corrected chi connectivity index (χ1v) is 9.33. The van der Waals surface area contributed by atoms with E-state index in [1.807, 2.05) is 0 Å². The maximum Gasteiger partial charge on any atom is 0.417 e. The molecule has 3 rings (SSSR count). The number of alkyl halides is 3. The molecule has 12 heteroatoms. The fourth-order valence-electron chi connectivity index (χ4n) is 2.48. The Morgan fingerprint density at radius 1 is 1.12 bits per heavy atom. The number of pyridine rings is 2. The Kier molecular flexibility index (Phi) is 6.79. The number of anilines is 1. The van der Waals surface area contributed by atoms with Gasteiger partial charge in [0.05, 0.1) is 16.8 Å². The van der Waals surface area contributed by atoms with Crippen LogP contribution >= 0.6 is 11.6 Å². The van der Waals surface area contributed by atoms with Crippen molar-refractivity contribution in [3.05, 3.63) is 71.1 Å². The molecule has 3 aromatic rings. The van der Waals surface area contributed by atoms with E-state index in [-0.39, 0.29) is 29.1 Å². The Hall–Kier alpha value is -3.86. The number of benzene rings is 1. The van der Waals surface area contributed by atoms with Crippen LogP contribution in [0.4, 0.5) is 24.7 Å². The lowest BCUT2D eigenvalue weighted by Gasteiger charge is -2.12. The average molecular weight is 465 g/mol. The van der Waals surface area contributed by atoms with Crippen molar-refractivity contribution in [3.8, 4) is 11.5 Å². The van der Waals surface area contributed by atoms with E-state index < -0.39 is 16.8 Å². The zero-order valence-corrected chi connectivity index (χ0v) is 17.2. The number of hydrogen-bond donors (Lipinski definition) is 3. The lowest BCUT2D eigenvalue weighted by Crippen LogP contribution is -2.22. The third-order valence-corrected chi connectivity index (χ3v) is 4.26. The second kappa shape index (κ2) is 9.52. The quantitative estimate of drug-likeness (QED) is 0.382. The number of hydrogen-bond acceptors (Lipinski definition) is 5. The van der Waals surface area contributed by atoms with E-state index in [0.717, 1.165) is 12.1 Å². The fourth-order valence-corrected chi connectivity index (χ4v) is 2.71. The molecule has 0 aliphatic carbocycles. The lowest BCUT2D eigenvalue weighted by atomic mass is 10.2. The summed E-state index contributed by atoms with van der Waals surface area (Å²) in [6.07, 6.45) is -1.80. The summed E-state index contributed by atoms with van der Waals surface area (Å²) in [4.78, 5) is 23.7. The predicted octanol–water partition coefficient (Wildman–Crippen LogP) is 4.36. The van der Waals surface area contributed by atoms with Gasteiger partial charge in [0.15, 0.2) is 11.8 Å². The molecule has 0 bridgehead atoms. The minimum Gasteiger partial charge on any atom is -0.456 e. The first-order valence-electron chi connectivity index (χ1n) is 8.95. The summed E-state index contributed by atoms with van der Waals surface area (Å²) in [6, 6.07) is 9.37. The van der Waals surface area contributed by atoms with Crippen LogP contribution in [0.3, 0.4) is 0 Å². The van der Waals surface area contributed by atoms with Gasteiger partial charge in [-0.25, -0.2) is 4.98 Å². The molecule has 0 saturated carbocycles. The van der Waals surface area contributed by atoms with Crippen LogP contribution in [-0.4, -0.2) is 28.9 Å². The molecule has 0 atom stereocenters. The molecule has 166 valence electrons. The number of aliphatic imine (C=N–C) groups is 1. The van der Waals surface area contributed by atoms with Gasteiger partial charge in [-0.3, -0.25) is 9.78 Å². The Morgan fingerprint density at radius 2 is 1.91 bits per heavy atom. The molecule has 2 heterocycles. The molecule has 1 amide bonds. The van der Waals surface area contributed by atoms with E-state index in [2.05, 4.69) is 25.6 Å². The maximum atomic E-state index is 13.0. The molecule has 4 N–H and O–H groups in total.